The van der Waals surface area contributed by atoms with Crippen LogP contribution in [0.25, 0.3) is 5.69 Å². The van der Waals surface area contributed by atoms with Crippen LogP contribution in [0.4, 0.5) is 15.8 Å². The summed E-state index contributed by atoms with van der Waals surface area (Å²) in [5.41, 5.74) is 1.97. The molecular weight excluding hydrogens is 460 g/mol. The molecule has 1 fully saturated rings. The van der Waals surface area contributed by atoms with Gasteiger partial charge in [-0.1, -0.05) is 12.1 Å². The first-order chi connectivity index (χ1) is 16.5. The number of thiazole rings is 1. The highest BCUT2D eigenvalue weighted by atomic mass is 32.1. The van der Waals surface area contributed by atoms with Crippen LogP contribution in [0.1, 0.15) is 12.5 Å². The number of hydrogen-bond donors (Lipinski definition) is 0. The quantitative estimate of drug-likeness (QED) is 0.256. The van der Waals surface area contributed by atoms with Crippen LogP contribution in [0.5, 0.6) is 5.75 Å². The number of rotatable bonds is 9. The van der Waals surface area contributed by atoms with E-state index < -0.39 is 4.92 Å². The number of benzene rings is 1. The molecule has 12 heteroatoms. The van der Waals surface area contributed by atoms with Crippen LogP contribution in [-0.4, -0.2) is 65.7 Å². The van der Waals surface area contributed by atoms with Crippen molar-refractivity contribution >= 4 is 27.2 Å². The predicted octanol–water partition coefficient (Wildman–Crippen LogP) is 2.65. The first-order valence-corrected chi connectivity index (χ1v) is 11.8. The van der Waals surface area contributed by atoms with Gasteiger partial charge in [0.15, 0.2) is 5.13 Å². The third kappa shape index (κ3) is 5.18. The zero-order chi connectivity index (χ0) is 24.1. The van der Waals surface area contributed by atoms with Gasteiger partial charge in [-0.05, 0) is 42.9 Å². The molecule has 2 aromatic heterocycles. The molecule has 3 heterocycles. The molecule has 0 saturated carbocycles. The van der Waals surface area contributed by atoms with Gasteiger partial charge in [-0.25, -0.2) is 4.98 Å². The zero-order valence-electron chi connectivity index (χ0n) is 19.0. The molecule has 34 heavy (non-hydrogen) atoms. The predicted molar refractivity (Wildman–Crippen MR) is 130 cm³/mol. The largest absolute Gasteiger partial charge is 0.484 e. The van der Waals surface area contributed by atoms with Crippen molar-refractivity contribution < 1.29 is 14.4 Å². The lowest BCUT2D eigenvalue weighted by Crippen LogP contribution is -2.47. The van der Waals surface area contributed by atoms with Crippen molar-refractivity contribution in [3.63, 3.8) is 0 Å². The standard InChI is InChI=1S/C22H26N6O5S/c1-3-32-11-12-33-20-18(14-24-27(21(20)29)17-6-4-5-16(2)13-17)25-7-9-26(10-8-25)22-23-15-19(34-22)28(30)31/h4-6,13-15H,3,7-12H2,1-2H3. The number of nitrogens with zero attached hydrogens (tertiary/aromatic N) is 6. The first-order valence-electron chi connectivity index (χ1n) is 11.0. The summed E-state index contributed by atoms with van der Waals surface area (Å²) in [6.45, 7) is 7.42. The highest BCUT2D eigenvalue weighted by molar-refractivity contribution is 7.18. The van der Waals surface area contributed by atoms with E-state index in [2.05, 4.69) is 10.1 Å². The minimum absolute atomic E-state index is 0.0198. The SMILES string of the molecule is CCOCCOc1c(N2CCN(c3ncc([N+](=O)[O-])s3)CC2)cnn(-c2cccc(C)c2)c1=O. The lowest BCUT2D eigenvalue weighted by Gasteiger charge is -2.36. The molecule has 1 aliphatic rings. The molecule has 1 aromatic carbocycles. The summed E-state index contributed by atoms with van der Waals surface area (Å²) in [5.74, 6) is 0.231. The number of aromatic nitrogens is 3. The Bertz CT molecular complexity index is 1200. The number of anilines is 2. The summed E-state index contributed by atoms with van der Waals surface area (Å²) in [7, 11) is 0. The van der Waals surface area contributed by atoms with Crippen LogP contribution in [0.2, 0.25) is 0 Å². The summed E-state index contributed by atoms with van der Waals surface area (Å²) in [6.07, 6.45) is 2.94. The molecule has 1 saturated heterocycles. The maximum atomic E-state index is 13.4. The van der Waals surface area contributed by atoms with Crippen LogP contribution in [0.15, 0.2) is 41.5 Å². The van der Waals surface area contributed by atoms with Crippen LogP contribution >= 0.6 is 11.3 Å². The van der Waals surface area contributed by atoms with Crippen molar-refractivity contribution in [2.45, 2.75) is 13.8 Å². The van der Waals surface area contributed by atoms with Gasteiger partial charge in [-0.3, -0.25) is 14.9 Å². The number of nitro groups is 1. The van der Waals surface area contributed by atoms with Crippen LogP contribution < -0.4 is 20.1 Å². The Morgan fingerprint density at radius 1 is 1.15 bits per heavy atom. The molecule has 11 nitrogen and oxygen atoms in total. The van der Waals surface area contributed by atoms with Gasteiger partial charge in [-0.15, -0.1) is 0 Å². The Morgan fingerprint density at radius 2 is 1.91 bits per heavy atom. The molecule has 0 N–H and O–H groups in total. The van der Waals surface area contributed by atoms with Gasteiger partial charge in [0.1, 0.15) is 18.5 Å². The Morgan fingerprint density at radius 3 is 2.59 bits per heavy atom. The second kappa shape index (κ2) is 10.6. The molecule has 0 atom stereocenters. The fourth-order valence-corrected chi connectivity index (χ4v) is 4.49. The van der Waals surface area contributed by atoms with E-state index in [9.17, 15) is 14.9 Å². The number of aryl methyl sites for hydroxylation is 1. The molecule has 0 radical (unpaired) electrons. The highest BCUT2D eigenvalue weighted by Gasteiger charge is 2.26. The molecule has 0 bridgehead atoms. The number of ether oxygens (including phenoxy) is 2. The van der Waals surface area contributed by atoms with Crippen molar-refractivity contribution in [3.8, 4) is 11.4 Å². The fourth-order valence-electron chi connectivity index (χ4n) is 3.71. The molecule has 0 spiro atoms. The maximum Gasteiger partial charge on any atom is 0.345 e. The van der Waals surface area contributed by atoms with Crippen LogP contribution in [0.3, 0.4) is 0 Å². The van der Waals surface area contributed by atoms with E-state index in [0.29, 0.717) is 55.9 Å². The van der Waals surface area contributed by atoms with E-state index in [0.717, 1.165) is 16.9 Å². The number of hydrogen-bond acceptors (Lipinski definition) is 10. The van der Waals surface area contributed by atoms with Gasteiger partial charge in [0.2, 0.25) is 5.75 Å². The van der Waals surface area contributed by atoms with Gasteiger partial charge in [0, 0.05) is 32.8 Å². The van der Waals surface area contributed by atoms with Crippen molar-refractivity contribution in [1.29, 1.82) is 0 Å². The molecule has 1 aliphatic heterocycles. The second-order valence-electron chi connectivity index (χ2n) is 7.67. The smallest absolute Gasteiger partial charge is 0.345 e. The molecule has 0 unspecified atom stereocenters. The molecular formula is C22H26N6O5S. The monoisotopic (exact) mass is 486 g/mol. The van der Waals surface area contributed by atoms with E-state index in [4.69, 9.17) is 9.47 Å². The second-order valence-corrected chi connectivity index (χ2v) is 8.66. The first kappa shape index (κ1) is 23.6. The molecule has 4 rings (SSSR count). The topological polar surface area (TPSA) is 116 Å². The van der Waals surface area contributed by atoms with Crippen molar-refractivity contribution in [2.75, 3.05) is 55.8 Å². The average Bonchev–Trinajstić information content (AvgIpc) is 3.33. The van der Waals surface area contributed by atoms with Gasteiger partial charge in [0.05, 0.1) is 23.4 Å². The highest BCUT2D eigenvalue weighted by Crippen LogP contribution is 2.31. The van der Waals surface area contributed by atoms with Gasteiger partial charge < -0.3 is 19.3 Å². The Balaban J connectivity index is 1.57. The van der Waals surface area contributed by atoms with Gasteiger partial charge in [0.25, 0.3) is 0 Å². The summed E-state index contributed by atoms with van der Waals surface area (Å²) < 4.78 is 12.6. The molecule has 0 aliphatic carbocycles. The van der Waals surface area contributed by atoms with Gasteiger partial charge >= 0.3 is 10.6 Å². The minimum Gasteiger partial charge on any atom is -0.484 e. The Labute approximate surface area is 200 Å². The Hall–Kier alpha value is -3.51. The average molecular weight is 487 g/mol. The summed E-state index contributed by atoms with van der Waals surface area (Å²) in [5, 5.41) is 16.0. The van der Waals surface area contributed by atoms with Crippen molar-refractivity contribution in [2.24, 2.45) is 0 Å². The summed E-state index contributed by atoms with van der Waals surface area (Å²) >= 11 is 1.06. The lowest BCUT2D eigenvalue weighted by molar-refractivity contribution is -0.380. The van der Waals surface area contributed by atoms with Crippen LogP contribution in [0, 0.1) is 17.0 Å². The molecule has 3 aromatic rings. The fraction of sp³-hybridized carbons (Fsp3) is 0.409. The molecule has 180 valence electrons. The maximum absolute atomic E-state index is 13.4. The lowest BCUT2D eigenvalue weighted by atomic mass is 10.2. The third-order valence-electron chi connectivity index (χ3n) is 5.39. The zero-order valence-corrected chi connectivity index (χ0v) is 19.9. The van der Waals surface area contributed by atoms with Crippen LogP contribution in [-0.2, 0) is 4.74 Å². The Kier molecular flexibility index (Phi) is 7.38. The summed E-state index contributed by atoms with van der Waals surface area (Å²) in [6, 6.07) is 7.56. The van der Waals surface area contributed by atoms with Crippen molar-refractivity contribution in [1.82, 2.24) is 14.8 Å². The van der Waals surface area contributed by atoms with E-state index in [1.165, 1.54) is 10.9 Å². The van der Waals surface area contributed by atoms with Gasteiger partial charge in [-0.2, -0.15) is 9.78 Å². The molecule has 0 amide bonds. The summed E-state index contributed by atoms with van der Waals surface area (Å²) in [4.78, 5) is 32.2. The van der Waals surface area contributed by atoms with E-state index in [1.54, 1.807) is 6.20 Å². The van der Waals surface area contributed by atoms with E-state index >= 15 is 0 Å². The van der Waals surface area contributed by atoms with E-state index in [-0.39, 0.29) is 22.9 Å². The van der Waals surface area contributed by atoms with Crippen molar-refractivity contribution in [3.05, 3.63) is 62.7 Å². The minimum atomic E-state index is -0.432. The normalized spacial score (nSPS) is 13.8. The van der Waals surface area contributed by atoms with E-state index in [1.807, 2.05) is 47.9 Å². The number of piperazine rings is 1. The third-order valence-corrected chi connectivity index (χ3v) is 6.40.